The molecule has 2 fully saturated rings. The zero-order valence-electron chi connectivity index (χ0n) is 32.1. The molecule has 0 N–H and O–H groups in total. The van der Waals surface area contributed by atoms with Crippen LogP contribution in [-0.4, -0.2) is 99.5 Å². The normalized spacial score (nSPS) is 21.5. The number of esters is 2. The molecule has 3 aliphatic rings. The number of rotatable bonds is 17. The van der Waals surface area contributed by atoms with E-state index in [2.05, 4.69) is 37.8 Å². The Morgan fingerprint density at radius 3 is 2.08 bits per heavy atom. The molecule has 0 aromatic heterocycles. The highest BCUT2D eigenvalue weighted by atomic mass is 16.6. The van der Waals surface area contributed by atoms with Crippen LogP contribution in [0.25, 0.3) is 5.57 Å². The number of aryl methyl sites for hydroxylation is 3. The Kier molecular flexibility index (Phi) is 14.3. The average Bonchev–Trinajstić information content (AvgIpc) is 3.35. The Labute approximate surface area is 310 Å². The van der Waals surface area contributed by atoms with Gasteiger partial charge in [0, 0.05) is 19.6 Å². The number of piperidine rings is 1. The van der Waals surface area contributed by atoms with Gasteiger partial charge in [0.2, 0.25) is 0 Å². The highest BCUT2D eigenvalue weighted by Crippen LogP contribution is 2.49. The molecule has 1 saturated heterocycles. The van der Waals surface area contributed by atoms with Crippen LogP contribution in [0.5, 0.6) is 0 Å². The molecule has 2 aliphatic heterocycles. The van der Waals surface area contributed by atoms with Crippen molar-refractivity contribution in [3.63, 3.8) is 0 Å². The SMILES string of the molecule is Cc1cc(C)c(C2=C(OCc3ccccc3)C3(CCC(OC4CCN(CCOCCOCCOCC(=O)OC(C)(C)C)CC4)CC3)OC2=O)c(C)c1. The van der Waals surface area contributed by atoms with Gasteiger partial charge in [-0.25, -0.2) is 9.59 Å². The molecule has 10 heteroatoms. The number of benzene rings is 2. The summed E-state index contributed by atoms with van der Waals surface area (Å²) in [5.74, 6) is 0.0193. The van der Waals surface area contributed by atoms with Crippen LogP contribution in [0, 0.1) is 20.8 Å². The van der Waals surface area contributed by atoms with Crippen molar-refractivity contribution in [2.24, 2.45) is 0 Å². The van der Waals surface area contributed by atoms with Gasteiger partial charge in [-0.05, 0) is 102 Å². The highest BCUT2D eigenvalue weighted by Gasteiger charge is 2.52. The van der Waals surface area contributed by atoms with Crippen molar-refractivity contribution in [1.82, 2.24) is 4.90 Å². The van der Waals surface area contributed by atoms with Gasteiger partial charge in [-0.1, -0.05) is 48.0 Å². The first kappa shape index (κ1) is 39.9. The summed E-state index contributed by atoms with van der Waals surface area (Å²) in [6, 6.07) is 14.3. The van der Waals surface area contributed by atoms with Crippen molar-refractivity contribution in [1.29, 1.82) is 0 Å². The van der Waals surface area contributed by atoms with Crippen LogP contribution >= 0.6 is 0 Å². The predicted octanol–water partition coefficient (Wildman–Crippen LogP) is 6.65. The van der Waals surface area contributed by atoms with E-state index in [9.17, 15) is 9.59 Å². The third kappa shape index (κ3) is 11.4. The number of carbonyl (C=O) groups is 2. The third-order valence-electron chi connectivity index (χ3n) is 9.88. The summed E-state index contributed by atoms with van der Waals surface area (Å²) >= 11 is 0. The fourth-order valence-electron chi connectivity index (χ4n) is 7.54. The van der Waals surface area contributed by atoms with Crippen LogP contribution in [0.3, 0.4) is 0 Å². The van der Waals surface area contributed by atoms with Crippen LogP contribution in [0.2, 0.25) is 0 Å². The van der Waals surface area contributed by atoms with Crippen molar-refractivity contribution in [3.05, 3.63) is 76.0 Å². The molecule has 0 atom stereocenters. The summed E-state index contributed by atoms with van der Waals surface area (Å²) in [7, 11) is 0. The Morgan fingerprint density at radius 2 is 1.44 bits per heavy atom. The van der Waals surface area contributed by atoms with Gasteiger partial charge in [0.25, 0.3) is 0 Å². The highest BCUT2D eigenvalue weighted by molar-refractivity contribution is 6.20. The minimum atomic E-state index is -0.769. The zero-order chi connectivity index (χ0) is 37.1. The zero-order valence-corrected chi connectivity index (χ0v) is 32.1. The van der Waals surface area contributed by atoms with E-state index in [0.29, 0.717) is 63.8 Å². The monoisotopic (exact) mass is 721 g/mol. The molecule has 0 unspecified atom stereocenters. The molecule has 1 spiro atoms. The quantitative estimate of drug-likeness (QED) is 0.130. The Hall–Kier alpha value is -3.28. The van der Waals surface area contributed by atoms with Gasteiger partial charge >= 0.3 is 11.9 Å². The molecule has 1 aliphatic carbocycles. The Bertz CT molecular complexity index is 1480. The van der Waals surface area contributed by atoms with E-state index in [-0.39, 0.29) is 30.8 Å². The Balaban J connectivity index is 1.02. The van der Waals surface area contributed by atoms with E-state index >= 15 is 0 Å². The summed E-state index contributed by atoms with van der Waals surface area (Å²) < 4.78 is 41.4. The molecule has 1 saturated carbocycles. The number of hydrogen-bond acceptors (Lipinski definition) is 10. The van der Waals surface area contributed by atoms with Gasteiger partial charge < -0.3 is 38.1 Å². The van der Waals surface area contributed by atoms with Crippen LogP contribution in [0.15, 0.2) is 48.2 Å². The van der Waals surface area contributed by atoms with Crippen molar-refractivity contribution in [2.45, 2.75) is 110 Å². The third-order valence-corrected chi connectivity index (χ3v) is 9.88. The van der Waals surface area contributed by atoms with Crippen molar-refractivity contribution in [2.75, 3.05) is 59.3 Å². The standard InChI is InChI=1S/C42H59NO9/c1-30-26-31(2)37(32(3)27-30)38-39(49-28-33-10-8-7-9-11-33)42(52-40(38)45)16-12-34(13-17-42)50-35-14-18-43(19-15-35)20-21-46-22-23-47-24-25-48-29-36(44)51-41(4,5)6/h7-11,26-27,34-35H,12-25,28-29H2,1-6H3. The molecule has 0 radical (unpaired) electrons. The summed E-state index contributed by atoms with van der Waals surface area (Å²) in [4.78, 5) is 27.8. The molecule has 10 nitrogen and oxygen atoms in total. The van der Waals surface area contributed by atoms with Crippen LogP contribution in [0.1, 0.15) is 87.1 Å². The second-order valence-corrected chi connectivity index (χ2v) is 15.4. The van der Waals surface area contributed by atoms with E-state index in [4.69, 9.17) is 33.2 Å². The smallest absolute Gasteiger partial charge is 0.343 e. The summed E-state index contributed by atoms with van der Waals surface area (Å²) in [5, 5.41) is 0. The first-order valence-electron chi connectivity index (χ1n) is 19.0. The molecule has 2 heterocycles. The topological polar surface area (TPSA) is 102 Å². The number of hydrogen-bond donors (Lipinski definition) is 0. The molecule has 0 amide bonds. The minimum absolute atomic E-state index is 0.0734. The van der Waals surface area contributed by atoms with Crippen LogP contribution in [-0.2, 0) is 49.4 Å². The predicted molar refractivity (Wildman–Crippen MR) is 199 cm³/mol. The van der Waals surface area contributed by atoms with E-state index in [1.807, 2.05) is 51.1 Å². The van der Waals surface area contributed by atoms with Gasteiger partial charge in [-0.15, -0.1) is 0 Å². The number of likely N-dealkylation sites (tertiary alicyclic amines) is 1. The lowest BCUT2D eigenvalue weighted by Gasteiger charge is -2.39. The second kappa shape index (κ2) is 18.7. The largest absolute Gasteiger partial charge is 0.488 e. The lowest BCUT2D eigenvalue weighted by atomic mass is 9.80. The van der Waals surface area contributed by atoms with Gasteiger partial charge in [0.1, 0.15) is 24.4 Å². The molecule has 286 valence electrons. The molecule has 52 heavy (non-hydrogen) atoms. The second-order valence-electron chi connectivity index (χ2n) is 15.4. The van der Waals surface area contributed by atoms with Crippen molar-refractivity contribution >= 4 is 17.5 Å². The Morgan fingerprint density at radius 1 is 0.846 bits per heavy atom. The maximum atomic E-state index is 13.7. The van der Waals surface area contributed by atoms with E-state index < -0.39 is 11.2 Å². The molecule has 5 rings (SSSR count). The van der Waals surface area contributed by atoms with E-state index in [0.717, 1.165) is 67.6 Å². The van der Waals surface area contributed by atoms with Crippen molar-refractivity contribution < 1.29 is 42.7 Å². The lowest BCUT2D eigenvalue weighted by molar-refractivity contribution is -0.160. The number of ether oxygens (including phenoxy) is 7. The van der Waals surface area contributed by atoms with Gasteiger partial charge in [-0.3, -0.25) is 0 Å². The summed E-state index contributed by atoms with van der Waals surface area (Å²) in [6.07, 6.45) is 5.34. The first-order valence-corrected chi connectivity index (χ1v) is 19.0. The molecular formula is C42H59NO9. The lowest BCUT2D eigenvalue weighted by Crippen LogP contribution is -2.43. The van der Waals surface area contributed by atoms with Gasteiger partial charge in [-0.2, -0.15) is 0 Å². The number of carbonyl (C=O) groups excluding carboxylic acids is 2. The fraction of sp³-hybridized carbons (Fsp3) is 0.619. The van der Waals surface area contributed by atoms with Crippen molar-refractivity contribution in [3.8, 4) is 0 Å². The summed E-state index contributed by atoms with van der Waals surface area (Å²) in [5.41, 5.74) is 4.57. The first-order chi connectivity index (χ1) is 24.9. The molecular weight excluding hydrogens is 662 g/mol. The number of nitrogens with zero attached hydrogens (tertiary/aromatic N) is 1. The molecule has 0 bridgehead atoms. The van der Waals surface area contributed by atoms with E-state index in [1.54, 1.807) is 0 Å². The summed E-state index contributed by atoms with van der Waals surface area (Å²) in [6.45, 7) is 17.2. The maximum Gasteiger partial charge on any atom is 0.343 e. The molecule has 2 aromatic rings. The van der Waals surface area contributed by atoms with E-state index in [1.165, 1.54) is 5.56 Å². The van der Waals surface area contributed by atoms with Crippen LogP contribution < -0.4 is 0 Å². The minimum Gasteiger partial charge on any atom is -0.488 e. The molecule has 2 aromatic carbocycles. The van der Waals surface area contributed by atoms with Crippen LogP contribution in [0.4, 0.5) is 0 Å². The maximum absolute atomic E-state index is 13.7. The average molecular weight is 722 g/mol. The van der Waals surface area contributed by atoms with Gasteiger partial charge in [0.15, 0.2) is 11.4 Å². The van der Waals surface area contributed by atoms with Gasteiger partial charge in [0.05, 0.1) is 45.2 Å². The fourth-order valence-corrected chi connectivity index (χ4v) is 7.54.